The van der Waals surface area contributed by atoms with E-state index in [0.717, 1.165) is 64.7 Å². The zero-order valence-electron chi connectivity index (χ0n) is 19.2. The molecule has 0 bridgehead atoms. The number of aromatic amines is 2. The number of fused-ring (bicyclic) bond motifs is 2. The van der Waals surface area contributed by atoms with Crippen molar-refractivity contribution in [2.24, 2.45) is 5.92 Å². The van der Waals surface area contributed by atoms with E-state index in [9.17, 15) is 0 Å². The highest BCUT2D eigenvalue weighted by atomic mass is 32.1. The van der Waals surface area contributed by atoms with E-state index in [2.05, 4.69) is 65.5 Å². The highest BCUT2D eigenvalue weighted by Gasteiger charge is 2.22. The summed E-state index contributed by atoms with van der Waals surface area (Å²) in [5, 5.41) is 16.4. The number of H-pyrrole nitrogens is 2. The highest BCUT2D eigenvalue weighted by Crippen LogP contribution is 2.35. The van der Waals surface area contributed by atoms with Gasteiger partial charge >= 0.3 is 0 Å². The number of allylic oxidation sites excluding steroid dienone is 1. The molecule has 0 unspecified atom stereocenters. The number of aryl methyl sites for hydroxylation is 1. The Morgan fingerprint density at radius 2 is 2.03 bits per heavy atom. The minimum atomic E-state index is 0.680. The summed E-state index contributed by atoms with van der Waals surface area (Å²) in [6.45, 7) is 1.01. The average Bonchev–Trinajstić information content (AvgIpc) is 3.62. The molecule has 1 saturated carbocycles. The van der Waals surface area contributed by atoms with Gasteiger partial charge in [0.15, 0.2) is 11.5 Å². The summed E-state index contributed by atoms with van der Waals surface area (Å²) in [4.78, 5) is 17.7. The van der Waals surface area contributed by atoms with E-state index in [1.165, 1.54) is 36.1 Å². The van der Waals surface area contributed by atoms with Crippen LogP contribution in [-0.2, 0) is 6.42 Å². The number of nitrogens with one attached hydrogen (secondary N) is 3. The van der Waals surface area contributed by atoms with E-state index < -0.39 is 0 Å². The van der Waals surface area contributed by atoms with Crippen molar-refractivity contribution in [1.82, 2.24) is 30.1 Å². The molecule has 1 fully saturated rings. The van der Waals surface area contributed by atoms with E-state index in [4.69, 9.17) is 4.98 Å². The Morgan fingerprint density at radius 3 is 2.89 bits per heavy atom. The van der Waals surface area contributed by atoms with Gasteiger partial charge in [-0.15, -0.1) is 0 Å². The van der Waals surface area contributed by atoms with Crippen molar-refractivity contribution in [2.75, 3.05) is 11.9 Å². The normalized spacial score (nSPS) is 15.6. The first kappa shape index (κ1) is 20.6. The van der Waals surface area contributed by atoms with E-state index in [1.807, 2.05) is 18.6 Å². The molecule has 5 aromatic heterocycles. The summed E-state index contributed by atoms with van der Waals surface area (Å²) in [5.41, 5.74) is 9.27. The van der Waals surface area contributed by atoms with E-state index in [-0.39, 0.29) is 0 Å². The van der Waals surface area contributed by atoms with Gasteiger partial charge in [-0.25, -0.2) is 9.97 Å². The standard InChI is InChI=1S/C27H25N7S/c1-3-16(4-1)11-29-20-9-18(12-28-14-20)19-10-22-25(33-34-26(22)30-13-19)27-31-23-6-2-5-21(24(23)32-27)17-7-8-35-15-17/h5,7-10,12-16,29H,1-4,6,11H2,(H,31,32)(H,30,33,34). The van der Waals surface area contributed by atoms with Crippen LogP contribution in [0.4, 0.5) is 5.69 Å². The monoisotopic (exact) mass is 479 g/mol. The second-order valence-corrected chi connectivity index (χ2v) is 10.2. The zero-order chi connectivity index (χ0) is 23.2. The van der Waals surface area contributed by atoms with Gasteiger partial charge in [0.25, 0.3) is 0 Å². The Hall–Kier alpha value is -3.78. The van der Waals surface area contributed by atoms with Crippen molar-refractivity contribution < 1.29 is 0 Å². The molecule has 0 saturated heterocycles. The second-order valence-electron chi connectivity index (χ2n) is 9.41. The molecule has 7 nitrogen and oxygen atoms in total. The molecule has 5 aromatic rings. The van der Waals surface area contributed by atoms with Crippen LogP contribution in [0.1, 0.15) is 42.6 Å². The van der Waals surface area contributed by atoms with Gasteiger partial charge in [0.1, 0.15) is 5.69 Å². The topological polar surface area (TPSA) is 95.2 Å². The van der Waals surface area contributed by atoms with Crippen LogP contribution in [0, 0.1) is 5.92 Å². The third kappa shape index (κ3) is 3.74. The summed E-state index contributed by atoms with van der Waals surface area (Å²) in [6.07, 6.45) is 13.9. The van der Waals surface area contributed by atoms with Crippen molar-refractivity contribution in [3.63, 3.8) is 0 Å². The van der Waals surface area contributed by atoms with Crippen LogP contribution >= 0.6 is 11.3 Å². The SMILES string of the molecule is C1=C(c2ccsc2)c2nc(-c3[nH]nc4ncc(-c5cncc(NCC6CCC6)c5)cc34)[nH]c2CC1. The van der Waals surface area contributed by atoms with Gasteiger partial charge < -0.3 is 10.3 Å². The van der Waals surface area contributed by atoms with Gasteiger partial charge in [-0.1, -0.05) is 12.5 Å². The van der Waals surface area contributed by atoms with Crippen molar-refractivity contribution in [2.45, 2.75) is 32.1 Å². The second kappa shape index (κ2) is 8.46. The fraction of sp³-hybridized carbons (Fsp3) is 0.259. The minimum absolute atomic E-state index is 0.680. The fourth-order valence-corrected chi connectivity index (χ4v) is 5.61. The van der Waals surface area contributed by atoms with Crippen LogP contribution in [0.3, 0.4) is 0 Å². The average molecular weight is 480 g/mol. The largest absolute Gasteiger partial charge is 0.384 e. The first-order chi connectivity index (χ1) is 17.3. The van der Waals surface area contributed by atoms with Crippen molar-refractivity contribution in [3.8, 4) is 22.6 Å². The van der Waals surface area contributed by atoms with Crippen LogP contribution in [0.15, 0.2) is 53.6 Å². The van der Waals surface area contributed by atoms with Crippen LogP contribution in [-0.4, -0.2) is 36.7 Å². The molecule has 2 aliphatic rings. The number of aromatic nitrogens is 6. The molecule has 0 aromatic carbocycles. The molecule has 3 N–H and O–H groups in total. The molecule has 0 amide bonds. The van der Waals surface area contributed by atoms with Gasteiger partial charge in [-0.05, 0) is 66.1 Å². The summed E-state index contributed by atoms with van der Waals surface area (Å²) < 4.78 is 0. The van der Waals surface area contributed by atoms with Crippen molar-refractivity contribution >= 4 is 33.6 Å². The maximum absolute atomic E-state index is 5.01. The summed E-state index contributed by atoms with van der Waals surface area (Å²) in [6, 6.07) is 6.44. The first-order valence-electron chi connectivity index (χ1n) is 12.2. The lowest BCUT2D eigenvalue weighted by Crippen LogP contribution is -2.20. The molecule has 7 rings (SSSR count). The third-order valence-electron chi connectivity index (χ3n) is 7.15. The highest BCUT2D eigenvalue weighted by molar-refractivity contribution is 7.08. The minimum Gasteiger partial charge on any atom is -0.384 e. The molecule has 35 heavy (non-hydrogen) atoms. The summed E-state index contributed by atoms with van der Waals surface area (Å²) in [7, 11) is 0. The molecule has 8 heteroatoms. The maximum Gasteiger partial charge on any atom is 0.181 e. The number of rotatable bonds is 6. The Balaban J connectivity index is 1.23. The van der Waals surface area contributed by atoms with Gasteiger partial charge in [-0.2, -0.15) is 16.4 Å². The Bertz CT molecular complexity index is 1540. The third-order valence-corrected chi connectivity index (χ3v) is 7.83. The van der Waals surface area contributed by atoms with Gasteiger partial charge in [0.05, 0.1) is 16.8 Å². The maximum atomic E-state index is 5.01. The molecule has 0 aliphatic heterocycles. The predicted molar refractivity (Wildman–Crippen MR) is 140 cm³/mol. The fourth-order valence-electron chi connectivity index (χ4n) is 4.95. The van der Waals surface area contributed by atoms with E-state index in [1.54, 1.807) is 11.3 Å². The molecular formula is C27H25N7S. The van der Waals surface area contributed by atoms with Gasteiger partial charge in [0, 0.05) is 47.5 Å². The number of pyridine rings is 2. The number of anilines is 1. The molecule has 0 atom stereocenters. The predicted octanol–water partition coefficient (Wildman–Crippen LogP) is 6.06. The Labute approximate surface area is 206 Å². The van der Waals surface area contributed by atoms with Crippen LogP contribution < -0.4 is 5.32 Å². The van der Waals surface area contributed by atoms with Gasteiger partial charge in [0.2, 0.25) is 0 Å². The Kier molecular flexibility index (Phi) is 4.98. The summed E-state index contributed by atoms with van der Waals surface area (Å²) >= 11 is 1.71. The van der Waals surface area contributed by atoms with Crippen molar-refractivity contribution in [3.05, 3.63) is 70.6 Å². The number of nitrogens with zero attached hydrogens (tertiary/aromatic N) is 4. The quantitative estimate of drug-likeness (QED) is 0.275. The van der Waals surface area contributed by atoms with Crippen LogP contribution in [0.25, 0.3) is 39.3 Å². The van der Waals surface area contributed by atoms with Crippen LogP contribution in [0.2, 0.25) is 0 Å². The van der Waals surface area contributed by atoms with E-state index >= 15 is 0 Å². The van der Waals surface area contributed by atoms with Crippen molar-refractivity contribution in [1.29, 1.82) is 0 Å². The summed E-state index contributed by atoms with van der Waals surface area (Å²) in [5.74, 6) is 1.59. The molecular weight excluding hydrogens is 454 g/mol. The number of hydrogen-bond acceptors (Lipinski definition) is 6. The Morgan fingerprint density at radius 1 is 1.09 bits per heavy atom. The lowest BCUT2D eigenvalue weighted by Gasteiger charge is -2.25. The number of hydrogen-bond donors (Lipinski definition) is 3. The molecule has 0 radical (unpaired) electrons. The molecule has 174 valence electrons. The molecule has 2 aliphatic carbocycles. The first-order valence-corrected chi connectivity index (χ1v) is 13.1. The lowest BCUT2D eigenvalue weighted by molar-refractivity contribution is 0.333. The number of thiophene rings is 1. The number of imidazole rings is 1. The smallest absolute Gasteiger partial charge is 0.181 e. The van der Waals surface area contributed by atoms with E-state index in [0.29, 0.717) is 5.65 Å². The molecule has 0 spiro atoms. The van der Waals surface area contributed by atoms with Crippen LogP contribution in [0.5, 0.6) is 0 Å². The molecule has 5 heterocycles. The van der Waals surface area contributed by atoms with Gasteiger partial charge in [-0.3, -0.25) is 10.1 Å². The lowest BCUT2D eigenvalue weighted by atomic mass is 9.85. The zero-order valence-corrected chi connectivity index (χ0v) is 20.0.